The van der Waals surface area contributed by atoms with Crippen LogP contribution >= 0.6 is 0 Å². The predicted octanol–water partition coefficient (Wildman–Crippen LogP) is 1.92. The lowest BCUT2D eigenvalue weighted by molar-refractivity contribution is -0.159. The molecule has 2 aromatic rings. The van der Waals surface area contributed by atoms with Gasteiger partial charge in [0.15, 0.2) is 0 Å². The van der Waals surface area contributed by atoms with Crippen molar-refractivity contribution in [2.75, 3.05) is 20.7 Å². The summed E-state index contributed by atoms with van der Waals surface area (Å²) in [6.45, 7) is 1.87. The molecule has 134 valence electrons. The van der Waals surface area contributed by atoms with Gasteiger partial charge in [-0.15, -0.1) is 0 Å². The number of ether oxygens (including phenoxy) is 1. The first-order chi connectivity index (χ1) is 11.9. The number of hydrogen-bond donors (Lipinski definition) is 2. The van der Waals surface area contributed by atoms with Crippen LogP contribution in [-0.2, 0) is 22.6 Å². The van der Waals surface area contributed by atoms with E-state index in [0.29, 0.717) is 0 Å². The third kappa shape index (κ3) is 7.94. The Morgan fingerprint density at radius 1 is 1.08 bits per heavy atom. The van der Waals surface area contributed by atoms with Gasteiger partial charge in [-0.3, -0.25) is 4.98 Å². The number of para-hydroxylation sites is 1. The second-order valence-electron chi connectivity index (χ2n) is 5.23. The van der Waals surface area contributed by atoms with Crippen LogP contribution in [0.2, 0.25) is 0 Å². The Hall–Kier alpha value is -2.93. The molecule has 0 fully saturated rings. The zero-order chi connectivity index (χ0) is 18.7. The number of carboxylic acid groups (broad SMARTS) is 2. The topological polar surface area (TPSA) is 100.0 Å². The van der Waals surface area contributed by atoms with Crippen molar-refractivity contribution in [3.63, 3.8) is 0 Å². The van der Waals surface area contributed by atoms with E-state index in [0.717, 1.165) is 31.0 Å². The third-order valence-corrected chi connectivity index (χ3v) is 3.29. The minimum Gasteiger partial charge on any atom is -0.496 e. The summed E-state index contributed by atoms with van der Waals surface area (Å²) < 4.78 is 5.37. The summed E-state index contributed by atoms with van der Waals surface area (Å²) in [5.41, 5.74) is 2.35. The highest BCUT2D eigenvalue weighted by Crippen LogP contribution is 2.18. The van der Waals surface area contributed by atoms with E-state index < -0.39 is 11.9 Å². The van der Waals surface area contributed by atoms with Crippen molar-refractivity contribution < 1.29 is 24.5 Å². The normalized spacial score (nSPS) is 9.88. The molecular weight excluding hydrogens is 324 g/mol. The Morgan fingerprint density at radius 2 is 1.72 bits per heavy atom. The second-order valence-corrected chi connectivity index (χ2v) is 5.23. The minimum absolute atomic E-state index is 0.886. The van der Waals surface area contributed by atoms with Gasteiger partial charge in [0.05, 0.1) is 7.11 Å². The summed E-state index contributed by atoms with van der Waals surface area (Å²) >= 11 is 0. The average Bonchev–Trinajstić information content (AvgIpc) is 2.62. The van der Waals surface area contributed by atoms with Crippen LogP contribution in [0.25, 0.3) is 0 Å². The van der Waals surface area contributed by atoms with Gasteiger partial charge in [-0.2, -0.15) is 0 Å². The SMILES string of the molecule is COc1ccccc1CN(C)CCc1ccccn1.O=C(O)C(=O)O. The zero-order valence-corrected chi connectivity index (χ0v) is 14.3. The Balaban J connectivity index is 0.000000450. The summed E-state index contributed by atoms with van der Waals surface area (Å²) in [4.78, 5) is 24.8. The molecule has 0 radical (unpaired) electrons. The van der Waals surface area contributed by atoms with Crippen molar-refractivity contribution in [2.24, 2.45) is 0 Å². The van der Waals surface area contributed by atoms with Crippen LogP contribution in [0.15, 0.2) is 48.7 Å². The Labute approximate surface area is 146 Å². The molecule has 1 heterocycles. The maximum atomic E-state index is 9.10. The number of aliphatic carboxylic acids is 2. The van der Waals surface area contributed by atoms with Crippen LogP contribution in [0.5, 0.6) is 5.75 Å². The van der Waals surface area contributed by atoms with E-state index >= 15 is 0 Å². The molecule has 0 saturated carbocycles. The monoisotopic (exact) mass is 346 g/mol. The maximum absolute atomic E-state index is 9.10. The maximum Gasteiger partial charge on any atom is 0.414 e. The fourth-order valence-electron chi connectivity index (χ4n) is 2.05. The molecule has 0 amide bonds. The summed E-state index contributed by atoms with van der Waals surface area (Å²) in [6, 6.07) is 14.2. The lowest BCUT2D eigenvalue weighted by Gasteiger charge is -2.18. The van der Waals surface area contributed by atoms with Gasteiger partial charge in [0.25, 0.3) is 0 Å². The van der Waals surface area contributed by atoms with E-state index in [1.807, 2.05) is 36.5 Å². The molecule has 0 saturated heterocycles. The first-order valence-corrected chi connectivity index (χ1v) is 7.60. The van der Waals surface area contributed by atoms with Gasteiger partial charge in [-0.1, -0.05) is 24.3 Å². The first kappa shape index (κ1) is 20.1. The standard InChI is InChI=1S/C16H20N2O.C2H2O4/c1-18(12-10-15-8-5-6-11-17-15)13-14-7-3-4-9-16(14)19-2;3-1(4)2(5)6/h3-9,11H,10,12-13H2,1-2H3;(H,3,4)(H,5,6). The number of aromatic nitrogens is 1. The van der Waals surface area contributed by atoms with Crippen LogP contribution in [0, 0.1) is 0 Å². The number of pyridine rings is 1. The molecule has 0 aliphatic heterocycles. The summed E-state index contributed by atoms with van der Waals surface area (Å²) in [6.07, 6.45) is 2.81. The zero-order valence-electron chi connectivity index (χ0n) is 14.3. The first-order valence-electron chi connectivity index (χ1n) is 7.60. The van der Waals surface area contributed by atoms with E-state index in [4.69, 9.17) is 24.5 Å². The number of carbonyl (C=O) groups is 2. The lowest BCUT2D eigenvalue weighted by atomic mass is 10.2. The molecule has 0 atom stereocenters. The molecule has 2 N–H and O–H groups in total. The van der Waals surface area contributed by atoms with Crippen molar-refractivity contribution >= 4 is 11.9 Å². The van der Waals surface area contributed by atoms with Crippen LogP contribution in [0.1, 0.15) is 11.3 Å². The highest BCUT2D eigenvalue weighted by molar-refractivity contribution is 6.27. The van der Waals surface area contributed by atoms with Crippen LogP contribution in [-0.4, -0.2) is 52.7 Å². The van der Waals surface area contributed by atoms with Gasteiger partial charge < -0.3 is 19.8 Å². The van der Waals surface area contributed by atoms with Crippen LogP contribution in [0.3, 0.4) is 0 Å². The molecule has 7 heteroatoms. The van der Waals surface area contributed by atoms with Crippen LogP contribution in [0.4, 0.5) is 0 Å². The predicted molar refractivity (Wildman–Crippen MR) is 92.5 cm³/mol. The Kier molecular flexibility index (Phi) is 8.67. The number of nitrogens with zero attached hydrogens (tertiary/aromatic N) is 2. The summed E-state index contributed by atoms with van der Waals surface area (Å²) in [7, 11) is 3.84. The van der Waals surface area contributed by atoms with Gasteiger partial charge in [0.1, 0.15) is 5.75 Å². The fourth-order valence-corrected chi connectivity index (χ4v) is 2.05. The largest absolute Gasteiger partial charge is 0.496 e. The quantitative estimate of drug-likeness (QED) is 0.771. The lowest BCUT2D eigenvalue weighted by Crippen LogP contribution is -2.21. The molecule has 25 heavy (non-hydrogen) atoms. The van der Waals surface area contributed by atoms with Gasteiger partial charge in [0.2, 0.25) is 0 Å². The summed E-state index contributed by atoms with van der Waals surface area (Å²) in [5, 5.41) is 14.8. The third-order valence-electron chi connectivity index (χ3n) is 3.29. The van der Waals surface area contributed by atoms with E-state index in [9.17, 15) is 0 Å². The van der Waals surface area contributed by atoms with Gasteiger partial charge >= 0.3 is 11.9 Å². The van der Waals surface area contributed by atoms with E-state index in [2.05, 4.69) is 29.1 Å². The smallest absolute Gasteiger partial charge is 0.414 e. The molecule has 0 unspecified atom stereocenters. The molecule has 1 aromatic carbocycles. The highest BCUT2D eigenvalue weighted by atomic mass is 16.5. The van der Waals surface area contributed by atoms with Crippen molar-refractivity contribution in [3.05, 3.63) is 59.9 Å². The van der Waals surface area contributed by atoms with Crippen molar-refractivity contribution in [3.8, 4) is 5.75 Å². The van der Waals surface area contributed by atoms with Crippen molar-refractivity contribution in [2.45, 2.75) is 13.0 Å². The molecule has 2 rings (SSSR count). The molecule has 0 aliphatic rings. The number of rotatable bonds is 6. The number of likely N-dealkylation sites (N-methyl/N-ethyl adjacent to an activating group) is 1. The molecule has 0 spiro atoms. The average molecular weight is 346 g/mol. The van der Waals surface area contributed by atoms with Crippen molar-refractivity contribution in [1.29, 1.82) is 0 Å². The van der Waals surface area contributed by atoms with Gasteiger partial charge in [0, 0.05) is 37.0 Å². The highest BCUT2D eigenvalue weighted by Gasteiger charge is 2.06. The minimum atomic E-state index is -1.82. The number of carboxylic acids is 2. The Bertz CT molecular complexity index is 664. The second kappa shape index (κ2) is 10.8. The van der Waals surface area contributed by atoms with Gasteiger partial charge in [-0.05, 0) is 25.2 Å². The van der Waals surface area contributed by atoms with Crippen molar-refractivity contribution in [1.82, 2.24) is 9.88 Å². The number of benzene rings is 1. The van der Waals surface area contributed by atoms with E-state index in [1.54, 1.807) is 7.11 Å². The van der Waals surface area contributed by atoms with E-state index in [-0.39, 0.29) is 0 Å². The van der Waals surface area contributed by atoms with Gasteiger partial charge in [-0.25, -0.2) is 9.59 Å². The molecule has 1 aromatic heterocycles. The molecule has 0 bridgehead atoms. The van der Waals surface area contributed by atoms with E-state index in [1.165, 1.54) is 5.56 Å². The molecule has 7 nitrogen and oxygen atoms in total. The number of hydrogen-bond acceptors (Lipinski definition) is 5. The summed E-state index contributed by atoms with van der Waals surface area (Å²) in [5.74, 6) is -2.70. The fraction of sp³-hybridized carbons (Fsp3) is 0.278. The number of methoxy groups -OCH3 is 1. The molecule has 0 aliphatic carbocycles. The van der Waals surface area contributed by atoms with Crippen LogP contribution < -0.4 is 4.74 Å². The Morgan fingerprint density at radius 3 is 2.28 bits per heavy atom. The molecular formula is C18H22N2O5.